The maximum absolute atomic E-state index is 10.7. The summed E-state index contributed by atoms with van der Waals surface area (Å²) >= 11 is 0. The number of carbonyl (C=O) groups excluding carboxylic acids is 1. The topological polar surface area (TPSA) is 55.8 Å². The molecule has 0 aliphatic rings. The van der Waals surface area contributed by atoms with E-state index in [1.165, 1.54) is 7.11 Å². The largest absolute Gasteiger partial charge is 0.467 e. The van der Waals surface area contributed by atoms with E-state index in [1.807, 2.05) is 13.8 Å². The molecule has 4 heteroatoms. The molecule has 0 atom stereocenters. The van der Waals surface area contributed by atoms with Crippen molar-refractivity contribution in [2.45, 2.75) is 25.9 Å². The molecule has 0 radical (unpaired) electrons. The van der Waals surface area contributed by atoms with Crippen LogP contribution in [0.5, 0.6) is 0 Å². The fourth-order valence-corrected chi connectivity index (χ4v) is 0.655. The quantitative estimate of drug-likeness (QED) is 0.613. The molecule has 0 unspecified atom stereocenters. The molecule has 0 spiro atoms. The van der Waals surface area contributed by atoms with Gasteiger partial charge in [-0.05, 0) is 20.3 Å². The molecule has 0 heterocycles. The molecule has 0 rings (SSSR count). The van der Waals surface area contributed by atoms with Gasteiger partial charge in [-0.1, -0.05) is 0 Å². The summed E-state index contributed by atoms with van der Waals surface area (Å²) in [5.74, 6) is -0.402. The average Bonchev–Trinajstić information content (AvgIpc) is 2.00. The molecule has 72 valence electrons. The van der Waals surface area contributed by atoms with Crippen molar-refractivity contribution >= 4 is 5.97 Å². The van der Waals surface area contributed by atoms with Crippen molar-refractivity contribution in [3.05, 3.63) is 0 Å². The van der Waals surface area contributed by atoms with Gasteiger partial charge in [0, 0.05) is 6.61 Å². The van der Waals surface area contributed by atoms with Crippen molar-refractivity contribution in [3.8, 4) is 0 Å². The Labute approximate surface area is 72.5 Å². The predicted octanol–water partition coefficient (Wildman–Crippen LogP) is 0.337. The fourth-order valence-electron chi connectivity index (χ4n) is 0.655. The van der Waals surface area contributed by atoms with E-state index in [1.54, 1.807) is 0 Å². The maximum atomic E-state index is 10.7. The number of esters is 1. The van der Waals surface area contributed by atoms with E-state index in [0.717, 1.165) is 0 Å². The number of carbonyl (C=O) groups is 1. The molecule has 0 amide bonds. The van der Waals surface area contributed by atoms with Crippen LogP contribution in [0.3, 0.4) is 0 Å². The van der Waals surface area contributed by atoms with E-state index in [2.05, 4.69) is 4.74 Å². The summed E-state index contributed by atoms with van der Waals surface area (Å²) < 4.78 is 9.59. The van der Waals surface area contributed by atoms with Crippen LogP contribution in [0, 0.1) is 0 Å². The van der Waals surface area contributed by atoms with Gasteiger partial charge in [-0.2, -0.15) is 0 Å². The highest BCUT2D eigenvalue weighted by Crippen LogP contribution is 2.13. The van der Waals surface area contributed by atoms with Gasteiger partial charge in [0.05, 0.1) is 12.7 Å². The monoisotopic (exact) mass is 176 g/mol. The highest BCUT2D eigenvalue weighted by Gasteiger charge is 2.18. The average molecular weight is 176 g/mol. The lowest BCUT2D eigenvalue weighted by Crippen LogP contribution is -2.29. The van der Waals surface area contributed by atoms with Gasteiger partial charge in [0.2, 0.25) is 0 Å². The van der Waals surface area contributed by atoms with Gasteiger partial charge in [0.15, 0.2) is 0 Å². The molecule has 0 bridgehead atoms. The molecular weight excluding hydrogens is 160 g/mol. The highest BCUT2D eigenvalue weighted by molar-refractivity contribution is 5.70. The third-order valence-electron chi connectivity index (χ3n) is 1.52. The zero-order chi connectivity index (χ0) is 9.61. The Morgan fingerprint density at radius 3 is 2.50 bits per heavy atom. The van der Waals surface area contributed by atoms with E-state index in [0.29, 0.717) is 6.42 Å². The zero-order valence-corrected chi connectivity index (χ0v) is 7.79. The molecule has 4 nitrogen and oxygen atoms in total. The third kappa shape index (κ3) is 5.09. The second-order valence-electron chi connectivity index (χ2n) is 3.10. The first kappa shape index (κ1) is 11.4. The van der Waals surface area contributed by atoms with Crippen molar-refractivity contribution < 1.29 is 19.4 Å². The Balaban J connectivity index is 3.67. The van der Waals surface area contributed by atoms with Crippen molar-refractivity contribution in [1.29, 1.82) is 0 Å². The lowest BCUT2D eigenvalue weighted by Gasteiger charge is -2.23. The van der Waals surface area contributed by atoms with Crippen molar-refractivity contribution in [1.82, 2.24) is 0 Å². The number of aliphatic hydroxyl groups excluding tert-OH is 1. The Morgan fingerprint density at radius 1 is 1.50 bits per heavy atom. The number of aliphatic hydroxyl groups is 1. The van der Waals surface area contributed by atoms with Gasteiger partial charge in [-0.3, -0.25) is 0 Å². The normalized spacial score (nSPS) is 11.3. The molecule has 0 aromatic rings. The lowest BCUT2D eigenvalue weighted by atomic mass is 10.1. The molecule has 12 heavy (non-hydrogen) atoms. The summed E-state index contributed by atoms with van der Waals surface area (Å²) in [4.78, 5) is 10.7. The van der Waals surface area contributed by atoms with Crippen LogP contribution >= 0.6 is 0 Å². The first-order valence-corrected chi connectivity index (χ1v) is 3.83. The van der Waals surface area contributed by atoms with Gasteiger partial charge < -0.3 is 14.6 Å². The summed E-state index contributed by atoms with van der Waals surface area (Å²) in [6, 6.07) is 0. The van der Waals surface area contributed by atoms with Crippen molar-refractivity contribution in [3.63, 3.8) is 0 Å². The Morgan fingerprint density at radius 2 is 2.08 bits per heavy atom. The van der Waals surface area contributed by atoms with Crippen LogP contribution in [-0.2, 0) is 14.3 Å². The second-order valence-corrected chi connectivity index (χ2v) is 3.10. The first-order valence-electron chi connectivity index (χ1n) is 3.83. The minimum absolute atomic E-state index is 0.0498. The minimum atomic E-state index is -0.469. The van der Waals surface area contributed by atoms with Crippen molar-refractivity contribution in [2.75, 3.05) is 20.3 Å². The Hall–Kier alpha value is -0.610. The molecule has 1 N–H and O–H groups in total. The predicted molar refractivity (Wildman–Crippen MR) is 43.7 cm³/mol. The van der Waals surface area contributed by atoms with Crippen LogP contribution < -0.4 is 0 Å². The van der Waals surface area contributed by atoms with E-state index < -0.39 is 11.6 Å². The third-order valence-corrected chi connectivity index (χ3v) is 1.52. The number of hydrogen-bond acceptors (Lipinski definition) is 4. The fraction of sp³-hybridized carbons (Fsp3) is 0.875. The lowest BCUT2D eigenvalue weighted by molar-refractivity contribution is -0.152. The van der Waals surface area contributed by atoms with Crippen LogP contribution in [0.4, 0.5) is 0 Å². The smallest absolute Gasteiger partial charge is 0.331 e. The van der Waals surface area contributed by atoms with E-state index in [4.69, 9.17) is 9.84 Å². The van der Waals surface area contributed by atoms with E-state index >= 15 is 0 Å². The molecule has 0 saturated carbocycles. The summed E-state index contributed by atoms with van der Waals surface area (Å²) in [6.07, 6.45) is 0.504. The Bertz CT molecular complexity index is 142. The summed E-state index contributed by atoms with van der Waals surface area (Å²) in [5, 5.41) is 8.63. The number of rotatable bonds is 5. The first-order chi connectivity index (χ1) is 5.52. The number of ether oxygens (including phenoxy) is 2. The van der Waals surface area contributed by atoms with Crippen molar-refractivity contribution in [2.24, 2.45) is 0 Å². The number of hydrogen-bond donors (Lipinski definition) is 1. The highest BCUT2D eigenvalue weighted by atomic mass is 16.6. The zero-order valence-electron chi connectivity index (χ0n) is 7.79. The van der Waals surface area contributed by atoms with Gasteiger partial charge >= 0.3 is 5.97 Å². The second kappa shape index (κ2) is 5.11. The molecule has 0 aromatic heterocycles. The van der Waals surface area contributed by atoms with E-state index in [-0.39, 0.29) is 13.2 Å². The van der Waals surface area contributed by atoms with Gasteiger partial charge in [0.25, 0.3) is 0 Å². The standard InChI is InChI=1S/C8H16O4/c1-8(2,4-5-9)12-6-7(10)11-3/h9H,4-6H2,1-3H3. The van der Waals surface area contributed by atoms with Gasteiger partial charge in [-0.25, -0.2) is 4.79 Å². The summed E-state index contributed by atoms with van der Waals surface area (Å²) in [5.41, 5.74) is -0.469. The van der Waals surface area contributed by atoms with Gasteiger partial charge in [0.1, 0.15) is 6.61 Å². The molecule has 0 aromatic carbocycles. The van der Waals surface area contributed by atoms with E-state index in [9.17, 15) is 4.79 Å². The summed E-state index contributed by atoms with van der Waals surface area (Å²) in [6.45, 7) is 3.61. The molecule has 0 saturated heterocycles. The molecular formula is C8H16O4. The minimum Gasteiger partial charge on any atom is -0.467 e. The van der Waals surface area contributed by atoms with Crippen LogP contribution in [0.25, 0.3) is 0 Å². The Kier molecular flexibility index (Phi) is 4.85. The molecule has 0 aliphatic heterocycles. The molecule has 0 fully saturated rings. The summed E-state index contributed by atoms with van der Waals surface area (Å²) in [7, 11) is 1.31. The van der Waals surface area contributed by atoms with Crippen LogP contribution in [0.1, 0.15) is 20.3 Å². The van der Waals surface area contributed by atoms with Crippen LogP contribution in [0.2, 0.25) is 0 Å². The van der Waals surface area contributed by atoms with Gasteiger partial charge in [-0.15, -0.1) is 0 Å². The van der Waals surface area contributed by atoms with Crippen LogP contribution in [-0.4, -0.2) is 37.0 Å². The number of methoxy groups -OCH3 is 1. The molecule has 0 aliphatic carbocycles. The van der Waals surface area contributed by atoms with Crippen LogP contribution in [0.15, 0.2) is 0 Å². The maximum Gasteiger partial charge on any atom is 0.331 e. The SMILES string of the molecule is COC(=O)COC(C)(C)CCO.